The first kappa shape index (κ1) is 14.1. The highest BCUT2D eigenvalue weighted by Gasteiger charge is 2.46. The van der Waals surface area contributed by atoms with Gasteiger partial charge in [-0.15, -0.1) is 0 Å². The van der Waals surface area contributed by atoms with Crippen LogP contribution in [-0.4, -0.2) is 42.4 Å². The zero-order valence-corrected chi connectivity index (χ0v) is 12.5. The maximum atomic E-state index is 12.3. The lowest BCUT2D eigenvalue weighted by Crippen LogP contribution is -2.43. The number of benzene rings is 1. The predicted molar refractivity (Wildman–Crippen MR) is 80.4 cm³/mol. The van der Waals surface area contributed by atoms with Gasteiger partial charge in [-0.1, -0.05) is 12.1 Å². The molecule has 1 aromatic carbocycles. The molecule has 0 bridgehead atoms. The number of likely N-dealkylation sites (tertiary alicyclic amines) is 2. The Bertz CT molecular complexity index is 582. The predicted octanol–water partition coefficient (Wildman–Crippen LogP) is 2.00. The third-order valence-corrected chi connectivity index (χ3v) is 5.00. The Morgan fingerprint density at radius 2 is 1.95 bits per heavy atom. The van der Waals surface area contributed by atoms with Crippen LogP contribution in [0.4, 0.5) is 0 Å². The number of amides is 1. The highest BCUT2D eigenvalue weighted by Crippen LogP contribution is 2.41. The van der Waals surface area contributed by atoms with E-state index in [1.54, 1.807) is 0 Å². The van der Waals surface area contributed by atoms with E-state index in [0.717, 1.165) is 45.4 Å². The minimum absolute atomic E-state index is 0.0836. The third-order valence-electron chi connectivity index (χ3n) is 5.00. The molecule has 0 N–H and O–H groups in total. The summed E-state index contributed by atoms with van der Waals surface area (Å²) in [5.41, 5.74) is 1.81. The molecule has 21 heavy (non-hydrogen) atoms. The fourth-order valence-corrected chi connectivity index (χ4v) is 3.60. The van der Waals surface area contributed by atoms with Crippen LogP contribution in [0.25, 0.3) is 0 Å². The lowest BCUT2D eigenvalue weighted by atomic mass is 9.77. The van der Waals surface area contributed by atoms with Crippen LogP contribution in [0.2, 0.25) is 0 Å². The van der Waals surface area contributed by atoms with Crippen LogP contribution in [0, 0.1) is 16.7 Å². The summed E-state index contributed by atoms with van der Waals surface area (Å²) < 4.78 is 0. The number of rotatable bonds is 2. The van der Waals surface area contributed by atoms with Crippen molar-refractivity contribution >= 4 is 5.91 Å². The Hall–Kier alpha value is -1.86. The molecule has 4 heteroatoms. The summed E-state index contributed by atoms with van der Waals surface area (Å²) in [6.45, 7) is 3.71. The van der Waals surface area contributed by atoms with E-state index < -0.39 is 0 Å². The summed E-state index contributed by atoms with van der Waals surface area (Å²) in [5.74, 6) is 0.341. The van der Waals surface area contributed by atoms with Gasteiger partial charge in [0.2, 0.25) is 5.91 Å². The maximum Gasteiger partial charge on any atom is 0.228 e. The summed E-state index contributed by atoms with van der Waals surface area (Å²) in [6.07, 6.45) is 2.95. The highest BCUT2D eigenvalue weighted by molar-refractivity contribution is 5.84. The molecular formula is C17H21N3O. The lowest BCUT2D eigenvalue weighted by Gasteiger charge is -2.37. The van der Waals surface area contributed by atoms with Crippen molar-refractivity contribution in [2.24, 2.45) is 5.41 Å². The van der Waals surface area contributed by atoms with Gasteiger partial charge in [-0.05, 0) is 50.0 Å². The molecule has 2 aliphatic rings. The van der Waals surface area contributed by atoms with Gasteiger partial charge < -0.3 is 4.90 Å². The average Bonchev–Trinajstić information content (AvgIpc) is 2.79. The Kier molecular flexibility index (Phi) is 3.69. The average molecular weight is 283 g/mol. The number of nitriles is 1. The van der Waals surface area contributed by atoms with Crippen LogP contribution >= 0.6 is 0 Å². The molecule has 1 spiro atoms. The Morgan fingerprint density at radius 1 is 1.24 bits per heavy atom. The van der Waals surface area contributed by atoms with Gasteiger partial charge in [0.1, 0.15) is 0 Å². The standard InChI is InChI=1S/C17H21N3O/c1-19-8-5-17(16(19)21)6-9-20(10-7-17)13-15-4-2-3-14(11-15)12-18/h2-4,11H,5-10,13H2,1H3. The Labute approximate surface area is 126 Å². The van der Waals surface area contributed by atoms with Crippen LogP contribution in [0.1, 0.15) is 30.4 Å². The molecule has 0 radical (unpaired) electrons. The van der Waals surface area contributed by atoms with Crippen molar-refractivity contribution in [3.63, 3.8) is 0 Å². The number of carbonyl (C=O) groups excluding carboxylic acids is 1. The monoisotopic (exact) mass is 283 g/mol. The molecule has 3 rings (SSSR count). The smallest absolute Gasteiger partial charge is 0.228 e. The fourth-order valence-electron chi connectivity index (χ4n) is 3.60. The van der Waals surface area contributed by atoms with Gasteiger partial charge in [-0.3, -0.25) is 9.69 Å². The van der Waals surface area contributed by atoms with E-state index in [9.17, 15) is 4.79 Å². The van der Waals surface area contributed by atoms with E-state index in [1.807, 2.05) is 30.1 Å². The van der Waals surface area contributed by atoms with Crippen LogP contribution < -0.4 is 0 Å². The minimum Gasteiger partial charge on any atom is -0.345 e. The van der Waals surface area contributed by atoms with Gasteiger partial charge in [0.15, 0.2) is 0 Å². The second-order valence-corrected chi connectivity index (χ2v) is 6.35. The first-order valence-corrected chi connectivity index (χ1v) is 7.60. The molecular weight excluding hydrogens is 262 g/mol. The SMILES string of the molecule is CN1CCC2(CCN(Cc3cccc(C#N)c3)CC2)C1=O. The largest absolute Gasteiger partial charge is 0.345 e. The summed E-state index contributed by atoms with van der Waals surface area (Å²) in [7, 11) is 1.91. The minimum atomic E-state index is -0.0836. The number of carbonyl (C=O) groups is 1. The van der Waals surface area contributed by atoms with E-state index in [2.05, 4.69) is 17.0 Å². The molecule has 0 atom stereocenters. The van der Waals surface area contributed by atoms with Crippen molar-refractivity contribution in [2.45, 2.75) is 25.8 Å². The summed E-state index contributed by atoms with van der Waals surface area (Å²) >= 11 is 0. The quantitative estimate of drug-likeness (QED) is 0.834. The van der Waals surface area contributed by atoms with Crippen molar-refractivity contribution in [3.8, 4) is 6.07 Å². The molecule has 110 valence electrons. The molecule has 2 heterocycles. The number of nitrogens with zero attached hydrogens (tertiary/aromatic N) is 3. The van der Waals surface area contributed by atoms with Crippen LogP contribution in [0.5, 0.6) is 0 Å². The third kappa shape index (κ3) is 2.66. The van der Waals surface area contributed by atoms with Crippen LogP contribution in [-0.2, 0) is 11.3 Å². The number of hydrogen-bond donors (Lipinski definition) is 0. The van der Waals surface area contributed by atoms with Crippen molar-refractivity contribution < 1.29 is 4.79 Å². The topological polar surface area (TPSA) is 47.3 Å². The number of piperidine rings is 1. The van der Waals surface area contributed by atoms with Crippen molar-refractivity contribution in [1.82, 2.24) is 9.80 Å². The molecule has 0 aliphatic carbocycles. The maximum absolute atomic E-state index is 12.3. The van der Waals surface area contributed by atoms with E-state index in [0.29, 0.717) is 11.5 Å². The lowest BCUT2D eigenvalue weighted by molar-refractivity contribution is -0.137. The Morgan fingerprint density at radius 3 is 2.57 bits per heavy atom. The van der Waals surface area contributed by atoms with Crippen molar-refractivity contribution in [3.05, 3.63) is 35.4 Å². The van der Waals surface area contributed by atoms with Crippen molar-refractivity contribution in [1.29, 1.82) is 5.26 Å². The number of hydrogen-bond acceptors (Lipinski definition) is 3. The molecule has 2 fully saturated rings. The van der Waals surface area contributed by atoms with E-state index >= 15 is 0 Å². The van der Waals surface area contributed by atoms with Gasteiger partial charge in [-0.25, -0.2) is 0 Å². The first-order valence-electron chi connectivity index (χ1n) is 7.60. The Balaban J connectivity index is 1.61. The van der Waals surface area contributed by atoms with Crippen LogP contribution in [0.15, 0.2) is 24.3 Å². The van der Waals surface area contributed by atoms with Gasteiger partial charge in [0.05, 0.1) is 17.0 Å². The van der Waals surface area contributed by atoms with Gasteiger partial charge in [-0.2, -0.15) is 5.26 Å². The van der Waals surface area contributed by atoms with E-state index in [-0.39, 0.29) is 5.41 Å². The van der Waals surface area contributed by atoms with Gasteiger partial charge in [0, 0.05) is 20.1 Å². The van der Waals surface area contributed by atoms with Crippen molar-refractivity contribution in [2.75, 3.05) is 26.7 Å². The normalized spacial score (nSPS) is 21.7. The molecule has 1 aromatic rings. The van der Waals surface area contributed by atoms with Crippen LogP contribution in [0.3, 0.4) is 0 Å². The zero-order chi connectivity index (χ0) is 14.9. The molecule has 2 saturated heterocycles. The second-order valence-electron chi connectivity index (χ2n) is 6.35. The van der Waals surface area contributed by atoms with E-state index in [4.69, 9.17) is 5.26 Å². The summed E-state index contributed by atoms with van der Waals surface area (Å²) in [4.78, 5) is 16.6. The molecule has 0 saturated carbocycles. The molecule has 2 aliphatic heterocycles. The fraction of sp³-hybridized carbons (Fsp3) is 0.529. The molecule has 1 amide bonds. The van der Waals surface area contributed by atoms with Gasteiger partial charge >= 0.3 is 0 Å². The highest BCUT2D eigenvalue weighted by atomic mass is 16.2. The second kappa shape index (κ2) is 5.50. The summed E-state index contributed by atoms with van der Waals surface area (Å²) in [5, 5.41) is 8.96. The molecule has 4 nitrogen and oxygen atoms in total. The summed E-state index contributed by atoms with van der Waals surface area (Å²) in [6, 6.07) is 9.99. The molecule has 0 aromatic heterocycles. The first-order chi connectivity index (χ1) is 10.1. The molecule has 0 unspecified atom stereocenters. The zero-order valence-electron chi connectivity index (χ0n) is 12.5. The van der Waals surface area contributed by atoms with E-state index in [1.165, 1.54) is 5.56 Å². The van der Waals surface area contributed by atoms with Gasteiger partial charge in [0.25, 0.3) is 0 Å².